The molecule has 0 aliphatic carbocycles. The van der Waals surface area contributed by atoms with E-state index in [0.29, 0.717) is 27.4 Å². The molecule has 0 atom stereocenters. The Bertz CT molecular complexity index is 1060. The smallest absolute Gasteiger partial charge is 0.270 e. The van der Waals surface area contributed by atoms with Gasteiger partial charge in [-0.1, -0.05) is 60.1 Å². The summed E-state index contributed by atoms with van der Waals surface area (Å²) in [6.07, 6.45) is 1.64. The second kappa shape index (κ2) is 8.50. The Balaban J connectivity index is 2.02. The number of nitro groups is 1. The third-order valence-electron chi connectivity index (χ3n) is 4.24. The minimum absolute atomic E-state index is 0.0349. The topological polar surface area (TPSA) is 72.2 Å². The lowest BCUT2D eigenvalue weighted by atomic mass is 10.0. The van der Waals surface area contributed by atoms with E-state index >= 15 is 0 Å². The van der Waals surface area contributed by atoms with Crippen LogP contribution < -0.4 is 5.32 Å². The van der Waals surface area contributed by atoms with Gasteiger partial charge in [0.25, 0.3) is 11.6 Å². The SMILES string of the molecule is Cc1c(Cl)cccc1NC(=O)/C(=C/c1cccc([N+](=O)[O-])c1)c1ccccc1. The van der Waals surface area contributed by atoms with E-state index in [1.54, 1.807) is 36.4 Å². The number of rotatable bonds is 5. The standard InChI is InChI=1S/C22H17ClN2O3/c1-15-20(23)11-6-12-21(15)24-22(26)19(17-8-3-2-4-9-17)14-16-7-5-10-18(13-16)25(27)28/h2-14H,1H3,(H,24,26)/b19-14+. The lowest BCUT2D eigenvalue weighted by molar-refractivity contribution is -0.384. The highest BCUT2D eigenvalue weighted by Gasteiger charge is 2.15. The van der Waals surface area contributed by atoms with Crippen molar-refractivity contribution in [2.75, 3.05) is 5.32 Å². The van der Waals surface area contributed by atoms with Gasteiger partial charge in [-0.3, -0.25) is 14.9 Å². The number of non-ortho nitro benzene ring substituents is 1. The van der Waals surface area contributed by atoms with Crippen molar-refractivity contribution >= 4 is 40.5 Å². The first-order valence-corrected chi connectivity index (χ1v) is 8.91. The second-order valence-corrected chi connectivity index (χ2v) is 6.55. The van der Waals surface area contributed by atoms with Crippen molar-refractivity contribution in [1.29, 1.82) is 0 Å². The van der Waals surface area contributed by atoms with E-state index < -0.39 is 4.92 Å². The van der Waals surface area contributed by atoms with Crippen molar-refractivity contribution in [2.45, 2.75) is 6.92 Å². The maximum Gasteiger partial charge on any atom is 0.270 e. The number of amides is 1. The number of carbonyl (C=O) groups excluding carboxylic acids is 1. The van der Waals surface area contributed by atoms with E-state index in [1.165, 1.54) is 12.1 Å². The van der Waals surface area contributed by atoms with Gasteiger partial charge in [-0.15, -0.1) is 0 Å². The van der Waals surface area contributed by atoms with Crippen LogP contribution in [0.25, 0.3) is 11.6 Å². The van der Waals surface area contributed by atoms with Crippen LogP contribution in [-0.2, 0) is 4.79 Å². The zero-order chi connectivity index (χ0) is 20.1. The maximum absolute atomic E-state index is 13.0. The quantitative estimate of drug-likeness (QED) is 0.260. The van der Waals surface area contributed by atoms with Crippen molar-refractivity contribution in [2.24, 2.45) is 0 Å². The second-order valence-electron chi connectivity index (χ2n) is 6.14. The van der Waals surface area contributed by atoms with Crippen molar-refractivity contribution < 1.29 is 9.72 Å². The van der Waals surface area contributed by atoms with E-state index in [0.717, 1.165) is 5.56 Å². The molecule has 1 amide bonds. The molecule has 0 unspecified atom stereocenters. The average Bonchev–Trinajstić information content (AvgIpc) is 2.70. The number of carbonyl (C=O) groups is 1. The molecule has 5 nitrogen and oxygen atoms in total. The van der Waals surface area contributed by atoms with Gasteiger partial charge in [0.2, 0.25) is 0 Å². The number of halogens is 1. The minimum Gasteiger partial charge on any atom is -0.322 e. The average molecular weight is 393 g/mol. The number of hydrogen-bond acceptors (Lipinski definition) is 3. The Morgan fingerprint density at radius 3 is 2.46 bits per heavy atom. The molecule has 28 heavy (non-hydrogen) atoms. The van der Waals surface area contributed by atoms with Gasteiger partial charge in [0, 0.05) is 28.4 Å². The highest BCUT2D eigenvalue weighted by molar-refractivity contribution is 6.32. The number of hydrogen-bond donors (Lipinski definition) is 1. The molecule has 0 aromatic heterocycles. The zero-order valence-electron chi connectivity index (χ0n) is 15.1. The lowest BCUT2D eigenvalue weighted by Crippen LogP contribution is -2.14. The highest BCUT2D eigenvalue weighted by Crippen LogP contribution is 2.26. The summed E-state index contributed by atoms with van der Waals surface area (Å²) < 4.78 is 0. The molecule has 0 saturated carbocycles. The molecule has 0 bridgehead atoms. The van der Waals surface area contributed by atoms with Gasteiger partial charge in [-0.05, 0) is 41.8 Å². The Kier molecular flexibility index (Phi) is 5.87. The zero-order valence-corrected chi connectivity index (χ0v) is 15.8. The van der Waals surface area contributed by atoms with Gasteiger partial charge < -0.3 is 5.32 Å². The van der Waals surface area contributed by atoms with Crippen molar-refractivity contribution in [3.8, 4) is 0 Å². The van der Waals surface area contributed by atoms with Crippen LogP contribution in [-0.4, -0.2) is 10.8 Å². The summed E-state index contributed by atoms with van der Waals surface area (Å²) in [4.78, 5) is 23.6. The molecule has 3 aromatic rings. The summed E-state index contributed by atoms with van der Waals surface area (Å²) in [5.74, 6) is -0.330. The highest BCUT2D eigenvalue weighted by atomic mass is 35.5. The van der Waals surface area contributed by atoms with Gasteiger partial charge in [0.1, 0.15) is 0 Å². The molecule has 0 heterocycles. The monoisotopic (exact) mass is 392 g/mol. The van der Waals surface area contributed by atoms with E-state index in [-0.39, 0.29) is 11.6 Å². The van der Waals surface area contributed by atoms with E-state index in [1.807, 2.05) is 37.3 Å². The van der Waals surface area contributed by atoms with Gasteiger partial charge >= 0.3 is 0 Å². The lowest BCUT2D eigenvalue weighted by Gasteiger charge is -2.12. The first-order valence-electron chi connectivity index (χ1n) is 8.54. The number of anilines is 1. The molecule has 0 aliphatic heterocycles. The largest absolute Gasteiger partial charge is 0.322 e. The normalized spacial score (nSPS) is 11.1. The first kappa shape index (κ1) is 19.3. The van der Waals surface area contributed by atoms with Gasteiger partial charge in [0.05, 0.1) is 4.92 Å². The summed E-state index contributed by atoms with van der Waals surface area (Å²) in [5.41, 5.74) is 2.99. The van der Waals surface area contributed by atoms with Crippen molar-refractivity contribution in [3.05, 3.63) is 105 Å². The molecule has 140 valence electrons. The molecule has 0 fully saturated rings. The summed E-state index contributed by atoms with van der Waals surface area (Å²) in [5, 5.41) is 14.5. The van der Waals surface area contributed by atoms with Crippen LogP contribution in [0, 0.1) is 17.0 Å². The Hall–Kier alpha value is -3.44. The molecule has 0 aliphatic rings. The summed E-state index contributed by atoms with van der Waals surface area (Å²) in [6, 6.07) is 20.6. The molecule has 0 spiro atoms. The third-order valence-corrected chi connectivity index (χ3v) is 4.65. The number of benzene rings is 3. The van der Waals surface area contributed by atoms with Crippen LogP contribution in [0.4, 0.5) is 11.4 Å². The molecular formula is C22H17ClN2O3. The molecule has 6 heteroatoms. The molecule has 3 rings (SSSR count). The molecule has 0 radical (unpaired) electrons. The molecular weight excluding hydrogens is 376 g/mol. The number of nitrogens with one attached hydrogen (secondary N) is 1. The van der Waals surface area contributed by atoms with E-state index in [9.17, 15) is 14.9 Å². The van der Waals surface area contributed by atoms with Crippen LogP contribution >= 0.6 is 11.6 Å². The van der Waals surface area contributed by atoms with Gasteiger partial charge in [-0.2, -0.15) is 0 Å². The van der Waals surface area contributed by atoms with Gasteiger partial charge in [0.15, 0.2) is 0 Å². The van der Waals surface area contributed by atoms with Crippen molar-refractivity contribution in [3.63, 3.8) is 0 Å². The minimum atomic E-state index is -0.463. The summed E-state index contributed by atoms with van der Waals surface area (Å²) in [6.45, 7) is 1.82. The van der Waals surface area contributed by atoms with Gasteiger partial charge in [-0.25, -0.2) is 0 Å². The molecule has 0 saturated heterocycles. The predicted octanol–water partition coefficient (Wildman–Crippen LogP) is 5.74. The fourth-order valence-corrected chi connectivity index (χ4v) is 2.90. The van der Waals surface area contributed by atoms with E-state index in [4.69, 9.17) is 11.6 Å². The first-order chi connectivity index (χ1) is 13.5. The Morgan fingerprint density at radius 1 is 1.04 bits per heavy atom. The Morgan fingerprint density at radius 2 is 1.75 bits per heavy atom. The summed E-state index contributed by atoms with van der Waals surface area (Å²) in [7, 11) is 0. The van der Waals surface area contributed by atoms with Crippen LogP contribution in [0.15, 0.2) is 72.8 Å². The fourth-order valence-electron chi connectivity index (χ4n) is 2.73. The van der Waals surface area contributed by atoms with Crippen LogP contribution in [0.2, 0.25) is 5.02 Å². The van der Waals surface area contributed by atoms with Crippen LogP contribution in [0.5, 0.6) is 0 Å². The van der Waals surface area contributed by atoms with E-state index in [2.05, 4.69) is 5.32 Å². The third kappa shape index (κ3) is 4.45. The fraction of sp³-hybridized carbons (Fsp3) is 0.0455. The predicted molar refractivity (Wildman–Crippen MR) is 112 cm³/mol. The molecule has 3 aromatic carbocycles. The molecule has 1 N–H and O–H groups in total. The Labute approximate surface area is 167 Å². The van der Waals surface area contributed by atoms with Crippen LogP contribution in [0.3, 0.4) is 0 Å². The summed E-state index contributed by atoms with van der Waals surface area (Å²) >= 11 is 6.14. The number of nitro benzene ring substituents is 1. The van der Waals surface area contributed by atoms with Crippen LogP contribution in [0.1, 0.15) is 16.7 Å². The number of nitrogens with zero attached hydrogens (tertiary/aromatic N) is 1. The van der Waals surface area contributed by atoms with Crippen molar-refractivity contribution in [1.82, 2.24) is 0 Å². The maximum atomic E-state index is 13.0.